The monoisotopic (exact) mass is 321 g/mol. The molecule has 0 spiro atoms. The number of halogens is 1. The molecule has 5 nitrogen and oxygen atoms in total. The van der Waals surface area contributed by atoms with Gasteiger partial charge in [0.05, 0.1) is 12.1 Å². The first kappa shape index (κ1) is 17.0. The highest BCUT2D eigenvalue weighted by molar-refractivity contribution is 6.02. The van der Waals surface area contributed by atoms with Crippen molar-refractivity contribution in [1.29, 1.82) is 0 Å². The van der Waals surface area contributed by atoms with E-state index in [1.165, 1.54) is 18.2 Å². The van der Waals surface area contributed by atoms with Gasteiger partial charge in [0.2, 0.25) is 0 Å². The van der Waals surface area contributed by atoms with Crippen LogP contribution in [-0.2, 0) is 11.2 Å². The molecule has 6 heteroatoms. The Hall–Kier alpha value is -2.37. The number of ether oxygens (including phenoxy) is 1. The lowest BCUT2D eigenvalue weighted by molar-refractivity contribution is 0.0682. The van der Waals surface area contributed by atoms with Gasteiger partial charge in [0, 0.05) is 5.39 Å². The summed E-state index contributed by atoms with van der Waals surface area (Å²) in [5, 5.41) is 9.72. The van der Waals surface area contributed by atoms with Gasteiger partial charge in [0.25, 0.3) is 0 Å². The van der Waals surface area contributed by atoms with Gasteiger partial charge in [-0.15, -0.1) is 0 Å². The smallest absolute Gasteiger partial charge is 0.419 e. The van der Waals surface area contributed by atoms with E-state index in [0.717, 1.165) is 4.57 Å². The van der Waals surface area contributed by atoms with Gasteiger partial charge in [-0.1, -0.05) is 20.8 Å². The van der Waals surface area contributed by atoms with Crippen LogP contribution in [0, 0.1) is 11.2 Å². The summed E-state index contributed by atoms with van der Waals surface area (Å²) in [6.45, 7) is 7.71. The van der Waals surface area contributed by atoms with Crippen LogP contribution in [0.4, 0.5) is 9.18 Å². The molecule has 0 unspecified atom stereocenters. The van der Waals surface area contributed by atoms with Crippen molar-refractivity contribution in [3.63, 3.8) is 0 Å². The molecular weight excluding hydrogens is 301 g/mol. The molecule has 0 aliphatic carbocycles. The number of aromatic nitrogens is 1. The van der Waals surface area contributed by atoms with Gasteiger partial charge in [0.15, 0.2) is 0 Å². The third-order valence-corrected chi connectivity index (χ3v) is 3.33. The van der Waals surface area contributed by atoms with Crippen molar-refractivity contribution in [2.75, 3.05) is 6.61 Å². The summed E-state index contributed by atoms with van der Waals surface area (Å²) in [6.07, 6.45) is -0.286. The first-order chi connectivity index (χ1) is 10.6. The molecule has 0 saturated heterocycles. The molecule has 2 aromatic rings. The highest BCUT2D eigenvalue weighted by Gasteiger charge is 2.25. The molecule has 0 fully saturated rings. The number of carbonyl (C=O) groups excluding carboxylic acids is 1. The fourth-order valence-corrected chi connectivity index (χ4v) is 2.63. The third-order valence-electron chi connectivity index (χ3n) is 3.33. The van der Waals surface area contributed by atoms with Crippen LogP contribution >= 0.6 is 0 Å². The molecule has 0 saturated carbocycles. The number of carbonyl (C=O) groups is 2. The van der Waals surface area contributed by atoms with Crippen molar-refractivity contribution in [1.82, 2.24) is 4.57 Å². The summed E-state index contributed by atoms with van der Waals surface area (Å²) in [5.41, 5.74) is 0.567. The molecular formula is C17H20FNO4. The predicted octanol–water partition coefficient (Wildman–Crippen LogP) is 4.07. The number of hydrogen-bond acceptors (Lipinski definition) is 3. The SMILES string of the molecule is CCOC(=O)n1c(C(=O)O)cc2cc(F)cc(CC(C)(C)C)c21. The molecule has 23 heavy (non-hydrogen) atoms. The Morgan fingerprint density at radius 3 is 2.43 bits per heavy atom. The molecule has 0 aliphatic heterocycles. The van der Waals surface area contributed by atoms with Crippen molar-refractivity contribution in [2.24, 2.45) is 5.41 Å². The minimum absolute atomic E-state index is 0.118. The lowest BCUT2D eigenvalue weighted by Gasteiger charge is -2.19. The van der Waals surface area contributed by atoms with Crippen molar-refractivity contribution in [2.45, 2.75) is 34.1 Å². The first-order valence-corrected chi connectivity index (χ1v) is 7.38. The van der Waals surface area contributed by atoms with E-state index >= 15 is 0 Å². The fraction of sp³-hybridized carbons (Fsp3) is 0.412. The maximum atomic E-state index is 13.9. The van der Waals surface area contributed by atoms with Crippen LogP contribution < -0.4 is 0 Å². The van der Waals surface area contributed by atoms with Crippen LogP contribution in [0.15, 0.2) is 18.2 Å². The van der Waals surface area contributed by atoms with Crippen LogP contribution in [0.2, 0.25) is 0 Å². The molecule has 1 heterocycles. The average molecular weight is 321 g/mol. The summed E-state index contributed by atoms with van der Waals surface area (Å²) in [4.78, 5) is 23.7. The molecule has 2 rings (SSSR count). The molecule has 0 radical (unpaired) electrons. The standard InChI is InChI=1S/C17H20FNO4/c1-5-23-16(22)19-13(15(20)21)8-10-6-12(18)7-11(14(10)19)9-17(2,3)4/h6-8H,5,9H2,1-4H3,(H,20,21). The number of aromatic carboxylic acids is 1. The normalized spacial score (nSPS) is 11.7. The van der Waals surface area contributed by atoms with E-state index in [2.05, 4.69) is 0 Å². The Labute approximate surface area is 133 Å². The number of carboxylic acid groups (broad SMARTS) is 1. The summed E-state index contributed by atoms with van der Waals surface area (Å²) in [5.74, 6) is -1.73. The van der Waals surface area contributed by atoms with Gasteiger partial charge in [-0.25, -0.2) is 18.5 Å². The number of nitrogens with zero attached hydrogens (tertiary/aromatic N) is 1. The quantitative estimate of drug-likeness (QED) is 0.925. The molecule has 124 valence electrons. The number of carboxylic acids is 1. The van der Waals surface area contributed by atoms with Gasteiger partial charge in [-0.3, -0.25) is 0 Å². The topological polar surface area (TPSA) is 68.5 Å². The molecule has 1 N–H and O–H groups in total. The Balaban J connectivity index is 2.80. The van der Waals surface area contributed by atoms with E-state index in [4.69, 9.17) is 4.74 Å². The van der Waals surface area contributed by atoms with E-state index in [-0.39, 0.29) is 17.7 Å². The molecule has 0 amide bonds. The minimum atomic E-state index is -1.27. The van der Waals surface area contributed by atoms with Gasteiger partial charge in [-0.2, -0.15) is 0 Å². The van der Waals surface area contributed by atoms with Crippen LogP contribution in [-0.4, -0.2) is 28.3 Å². The Morgan fingerprint density at radius 2 is 1.91 bits per heavy atom. The van der Waals surface area contributed by atoms with Crippen molar-refractivity contribution in [3.05, 3.63) is 35.3 Å². The van der Waals surface area contributed by atoms with Crippen LogP contribution in [0.5, 0.6) is 0 Å². The van der Waals surface area contributed by atoms with Crippen molar-refractivity contribution < 1.29 is 23.8 Å². The van der Waals surface area contributed by atoms with Gasteiger partial charge in [0.1, 0.15) is 11.5 Å². The zero-order valence-corrected chi connectivity index (χ0v) is 13.6. The zero-order chi connectivity index (χ0) is 17.4. The Bertz CT molecular complexity index is 771. The second-order valence-electron chi connectivity index (χ2n) is 6.61. The van der Waals surface area contributed by atoms with E-state index < -0.39 is 17.9 Å². The van der Waals surface area contributed by atoms with E-state index in [9.17, 15) is 19.1 Å². The summed E-state index contributed by atoms with van der Waals surface area (Å²) >= 11 is 0. The molecule has 0 bridgehead atoms. The number of benzene rings is 1. The van der Waals surface area contributed by atoms with E-state index in [0.29, 0.717) is 22.9 Å². The second-order valence-corrected chi connectivity index (χ2v) is 6.61. The van der Waals surface area contributed by atoms with Crippen molar-refractivity contribution in [3.8, 4) is 0 Å². The Kier molecular flexibility index (Phi) is 4.45. The Morgan fingerprint density at radius 1 is 1.26 bits per heavy atom. The molecule has 0 atom stereocenters. The van der Waals surface area contributed by atoms with E-state index in [1.54, 1.807) is 6.92 Å². The molecule has 1 aromatic carbocycles. The predicted molar refractivity (Wildman–Crippen MR) is 84.4 cm³/mol. The van der Waals surface area contributed by atoms with Gasteiger partial charge in [-0.05, 0) is 42.5 Å². The van der Waals surface area contributed by atoms with Crippen LogP contribution in [0.25, 0.3) is 10.9 Å². The maximum absolute atomic E-state index is 13.9. The second kappa shape index (κ2) is 6.02. The highest BCUT2D eigenvalue weighted by atomic mass is 19.1. The van der Waals surface area contributed by atoms with Crippen LogP contribution in [0.3, 0.4) is 0 Å². The number of fused-ring (bicyclic) bond motifs is 1. The summed E-state index contributed by atoms with van der Waals surface area (Å²) in [7, 11) is 0. The van der Waals surface area contributed by atoms with Crippen molar-refractivity contribution >= 4 is 23.0 Å². The largest absolute Gasteiger partial charge is 0.477 e. The average Bonchev–Trinajstić information content (AvgIpc) is 2.76. The number of rotatable bonds is 3. The summed E-state index contributed by atoms with van der Waals surface area (Å²) < 4.78 is 19.9. The fourth-order valence-electron chi connectivity index (χ4n) is 2.63. The zero-order valence-electron chi connectivity index (χ0n) is 13.6. The number of hydrogen-bond donors (Lipinski definition) is 1. The lowest BCUT2D eigenvalue weighted by atomic mass is 9.87. The van der Waals surface area contributed by atoms with Gasteiger partial charge < -0.3 is 9.84 Å². The lowest BCUT2D eigenvalue weighted by Crippen LogP contribution is -2.20. The first-order valence-electron chi connectivity index (χ1n) is 7.38. The summed E-state index contributed by atoms with van der Waals surface area (Å²) in [6, 6.07) is 3.86. The maximum Gasteiger partial charge on any atom is 0.419 e. The van der Waals surface area contributed by atoms with Gasteiger partial charge >= 0.3 is 12.1 Å². The highest BCUT2D eigenvalue weighted by Crippen LogP contribution is 2.30. The molecule has 1 aromatic heterocycles. The third kappa shape index (κ3) is 3.52. The van der Waals surface area contributed by atoms with E-state index in [1.807, 2.05) is 20.8 Å². The van der Waals surface area contributed by atoms with Crippen LogP contribution in [0.1, 0.15) is 43.7 Å². The minimum Gasteiger partial charge on any atom is -0.477 e. The molecule has 0 aliphatic rings.